The maximum atomic E-state index is 12.6. The van der Waals surface area contributed by atoms with Crippen LogP contribution in [0.3, 0.4) is 0 Å². The van der Waals surface area contributed by atoms with Crippen LogP contribution in [-0.2, 0) is 0 Å². The van der Waals surface area contributed by atoms with Crippen molar-refractivity contribution in [2.45, 2.75) is 33.2 Å². The summed E-state index contributed by atoms with van der Waals surface area (Å²) in [6.07, 6.45) is 1.00. The molecule has 0 saturated carbocycles. The number of piperazine rings is 1. The SMILES string of the molecule is CCC(C)Nc1cc(C(=O)N2CCN(C)CC2)nc(C)n1. The van der Waals surface area contributed by atoms with Gasteiger partial charge < -0.3 is 15.1 Å². The standard InChI is InChI=1S/C15H25N5O/c1-5-11(2)16-14-10-13(17-12(3)18-14)15(21)20-8-6-19(4)7-9-20/h10-11H,5-9H2,1-4H3,(H,16,17,18). The molecule has 0 bridgehead atoms. The minimum atomic E-state index is 0.000742. The first-order valence-electron chi connectivity index (χ1n) is 7.59. The van der Waals surface area contributed by atoms with E-state index in [1.807, 2.05) is 11.8 Å². The van der Waals surface area contributed by atoms with Gasteiger partial charge in [0, 0.05) is 38.3 Å². The minimum Gasteiger partial charge on any atom is -0.368 e. The van der Waals surface area contributed by atoms with Crippen molar-refractivity contribution in [3.05, 3.63) is 17.6 Å². The van der Waals surface area contributed by atoms with Crippen molar-refractivity contribution in [2.75, 3.05) is 38.5 Å². The predicted octanol–water partition coefficient (Wildman–Crippen LogP) is 1.38. The third kappa shape index (κ3) is 4.14. The summed E-state index contributed by atoms with van der Waals surface area (Å²) >= 11 is 0. The molecule has 6 heteroatoms. The summed E-state index contributed by atoms with van der Waals surface area (Å²) in [7, 11) is 2.07. The smallest absolute Gasteiger partial charge is 0.272 e. The van der Waals surface area contributed by atoms with Gasteiger partial charge in [0.15, 0.2) is 0 Å². The zero-order chi connectivity index (χ0) is 15.4. The molecule has 1 unspecified atom stereocenters. The lowest BCUT2D eigenvalue weighted by molar-refractivity contribution is 0.0658. The third-order valence-corrected chi connectivity index (χ3v) is 3.85. The first-order chi connectivity index (χ1) is 9.99. The van der Waals surface area contributed by atoms with Crippen molar-refractivity contribution >= 4 is 11.7 Å². The molecule has 1 amide bonds. The lowest BCUT2D eigenvalue weighted by Crippen LogP contribution is -2.47. The van der Waals surface area contributed by atoms with Crippen molar-refractivity contribution in [1.82, 2.24) is 19.8 Å². The van der Waals surface area contributed by atoms with Gasteiger partial charge >= 0.3 is 0 Å². The van der Waals surface area contributed by atoms with E-state index in [4.69, 9.17) is 0 Å². The number of amides is 1. The van der Waals surface area contributed by atoms with Gasteiger partial charge in [0.05, 0.1) is 0 Å². The molecule has 116 valence electrons. The molecule has 1 atom stereocenters. The Morgan fingerprint density at radius 1 is 1.33 bits per heavy atom. The van der Waals surface area contributed by atoms with Crippen LogP contribution in [0.15, 0.2) is 6.07 Å². The monoisotopic (exact) mass is 291 g/mol. The molecule has 21 heavy (non-hydrogen) atoms. The molecule has 0 spiro atoms. The van der Waals surface area contributed by atoms with Crippen molar-refractivity contribution < 1.29 is 4.79 Å². The van der Waals surface area contributed by atoms with Crippen LogP contribution in [0.2, 0.25) is 0 Å². The molecule has 1 saturated heterocycles. The zero-order valence-corrected chi connectivity index (χ0v) is 13.4. The van der Waals surface area contributed by atoms with Gasteiger partial charge in [-0.3, -0.25) is 4.79 Å². The number of anilines is 1. The second kappa shape index (κ2) is 6.85. The van der Waals surface area contributed by atoms with Gasteiger partial charge in [0.2, 0.25) is 0 Å². The molecule has 1 aromatic rings. The Morgan fingerprint density at radius 2 is 2.00 bits per heavy atom. The molecule has 1 N–H and O–H groups in total. The summed E-state index contributed by atoms with van der Waals surface area (Å²) in [5.41, 5.74) is 0.484. The van der Waals surface area contributed by atoms with Crippen LogP contribution in [-0.4, -0.2) is 64.9 Å². The number of likely N-dealkylation sites (N-methyl/N-ethyl adjacent to an activating group) is 1. The summed E-state index contributed by atoms with van der Waals surface area (Å²) in [6.45, 7) is 9.37. The van der Waals surface area contributed by atoms with Crippen LogP contribution in [0.25, 0.3) is 0 Å². The molecular weight excluding hydrogens is 266 g/mol. The Hall–Kier alpha value is -1.69. The van der Waals surface area contributed by atoms with E-state index in [1.54, 1.807) is 6.07 Å². The molecule has 1 aromatic heterocycles. The highest BCUT2D eigenvalue weighted by molar-refractivity contribution is 5.93. The quantitative estimate of drug-likeness (QED) is 0.908. The maximum absolute atomic E-state index is 12.6. The first kappa shape index (κ1) is 15.7. The van der Waals surface area contributed by atoms with Gasteiger partial charge in [-0.25, -0.2) is 9.97 Å². The highest BCUT2D eigenvalue weighted by atomic mass is 16.2. The summed E-state index contributed by atoms with van der Waals surface area (Å²) in [4.78, 5) is 25.3. The lowest BCUT2D eigenvalue weighted by atomic mass is 10.2. The molecule has 1 aliphatic rings. The summed E-state index contributed by atoms with van der Waals surface area (Å²) < 4.78 is 0. The van der Waals surface area contributed by atoms with E-state index in [-0.39, 0.29) is 5.91 Å². The molecule has 2 heterocycles. The van der Waals surface area contributed by atoms with E-state index in [0.29, 0.717) is 17.6 Å². The number of hydrogen-bond donors (Lipinski definition) is 1. The Labute approximate surface area is 126 Å². The van der Waals surface area contributed by atoms with Gasteiger partial charge in [-0.05, 0) is 27.3 Å². The van der Waals surface area contributed by atoms with Gasteiger partial charge in [-0.2, -0.15) is 0 Å². The molecule has 0 aliphatic carbocycles. The van der Waals surface area contributed by atoms with Crippen molar-refractivity contribution in [3.63, 3.8) is 0 Å². The van der Waals surface area contributed by atoms with Crippen LogP contribution in [0.1, 0.15) is 36.6 Å². The lowest BCUT2D eigenvalue weighted by Gasteiger charge is -2.32. The van der Waals surface area contributed by atoms with Crippen molar-refractivity contribution in [2.24, 2.45) is 0 Å². The molecule has 1 fully saturated rings. The Kier molecular flexibility index (Phi) is 5.12. The molecule has 1 aliphatic heterocycles. The second-order valence-electron chi connectivity index (χ2n) is 5.73. The fourth-order valence-corrected chi connectivity index (χ4v) is 2.28. The molecule has 0 radical (unpaired) electrons. The number of hydrogen-bond acceptors (Lipinski definition) is 5. The van der Waals surface area contributed by atoms with Gasteiger partial charge in [-0.15, -0.1) is 0 Å². The average Bonchev–Trinajstić information content (AvgIpc) is 2.46. The maximum Gasteiger partial charge on any atom is 0.272 e. The number of nitrogens with one attached hydrogen (secondary N) is 1. The van der Waals surface area contributed by atoms with E-state index < -0.39 is 0 Å². The average molecular weight is 291 g/mol. The first-order valence-corrected chi connectivity index (χ1v) is 7.59. The molecule has 0 aromatic carbocycles. The van der Waals surface area contributed by atoms with Crippen LogP contribution in [0, 0.1) is 6.92 Å². The number of carbonyl (C=O) groups is 1. The molecule has 2 rings (SSSR count). The number of rotatable bonds is 4. The second-order valence-corrected chi connectivity index (χ2v) is 5.73. The topological polar surface area (TPSA) is 61.4 Å². The van der Waals surface area contributed by atoms with E-state index in [1.165, 1.54) is 0 Å². The van der Waals surface area contributed by atoms with Crippen LogP contribution in [0.5, 0.6) is 0 Å². The fourth-order valence-electron chi connectivity index (χ4n) is 2.28. The zero-order valence-electron chi connectivity index (χ0n) is 13.4. The van der Waals surface area contributed by atoms with Crippen LogP contribution >= 0.6 is 0 Å². The normalized spacial score (nSPS) is 17.6. The third-order valence-electron chi connectivity index (χ3n) is 3.85. The van der Waals surface area contributed by atoms with E-state index >= 15 is 0 Å². The number of aryl methyl sites for hydroxylation is 1. The fraction of sp³-hybridized carbons (Fsp3) is 0.667. The van der Waals surface area contributed by atoms with Gasteiger partial charge in [0.1, 0.15) is 17.3 Å². The summed E-state index contributed by atoms with van der Waals surface area (Å²) in [5.74, 6) is 1.36. The van der Waals surface area contributed by atoms with Crippen molar-refractivity contribution in [1.29, 1.82) is 0 Å². The Morgan fingerprint density at radius 3 is 2.62 bits per heavy atom. The Balaban J connectivity index is 2.13. The highest BCUT2D eigenvalue weighted by Gasteiger charge is 2.22. The van der Waals surface area contributed by atoms with Crippen molar-refractivity contribution in [3.8, 4) is 0 Å². The Bertz CT molecular complexity index is 497. The van der Waals surface area contributed by atoms with Crippen LogP contribution < -0.4 is 5.32 Å². The summed E-state index contributed by atoms with van der Waals surface area (Å²) in [5, 5.41) is 3.31. The molecular formula is C15H25N5O. The van der Waals surface area contributed by atoms with Gasteiger partial charge in [0.25, 0.3) is 5.91 Å². The van der Waals surface area contributed by atoms with Crippen LogP contribution in [0.4, 0.5) is 5.82 Å². The van der Waals surface area contributed by atoms with E-state index in [0.717, 1.165) is 38.4 Å². The number of nitrogens with zero attached hydrogens (tertiary/aromatic N) is 4. The largest absolute Gasteiger partial charge is 0.368 e. The highest BCUT2D eigenvalue weighted by Crippen LogP contribution is 2.12. The number of aromatic nitrogens is 2. The summed E-state index contributed by atoms with van der Waals surface area (Å²) in [6, 6.07) is 2.09. The number of carbonyl (C=O) groups excluding carboxylic acids is 1. The molecule has 6 nitrogen and oxygen atoms in total. The minimum absolute atomic E-state index is 0.000742. The van der Waals surface area contributed by atoms with Gasteiger partial charge in [-0.1, -0.05) is 6.92 Å². The van der Waals surface area contributed by atoms with E-state index in [2.05, 4.69) is 41.1 Å². The predicted molar refractivity (Wildman–Crippen MR) is 83.5 cm³/mol. The van der Waals surface area contributed by atoms with E-state index in [9.17, 15) is 4.79 Å².